The molecule has 1 heterocycles. The van der Waals surface area contributed by atoms with Gasteiger partial charge in [0, 0.05) is 17.8 Å². The number of rotatable bonds is 4. The fourth-order valence-corrected chi connectivity index (χ4v) is 2.53. The summed E-state index contributed by atoms with van der Waals surface area (Å²) in [5, 5.41) is 0. The van der Waals surface area contributed by atoms with Crippen molar-refractivity contribution < 1.29 is 13.9 Å². The number of nitrogens with one attached hydrogen (secondary N) is 1. The summed E-state index contributed by atoms with van der Waals surface area (Å²) in [5.74, 6) is -1.06. The summed E-state index contributed by atoms with van der Waals surface area (Å²) in [5.41, 5.74) is 5.26. The van der Waals surface area contributed by atoms with Gasteiger partial charge in [-0.05, 0) is 24.7 Å². The maximum atomic E-state index is 13.3. The van der Waals surface area contributed by atoms with Gasteiger partial charge in [0.25, 0.3) is 5.56 Å². The molecule has 0 saturated heterocycles. The maximum Gasteiger partial charge on any atom is 0.251 e. The third kappa shape index (κ3) is 3.27. The second-order valence-corrected chi connectivity index (χ2v) is 4.93. The summed E-state index contributed by atoms with van der Waals surface area (Å²) >= 11 is 5.06. The molecule has 112 valence electrons. The number of carbonyl (C=O) groups excluding carboxylic acids is 1. The Morgan fingerprint density at radius 2 is 2.38 bits per heavy atom. The topological polar surface area (TPSA) is 90.1 Å². The van der Waals surface area contributed by atoms with Gasteiger partial charge < -0.3 is 15.0 Å². The fraction of sp³-hybridized carbons (Fsp3) is 0.308. The Morgan fingerprint density at radius 1 is 1.67 bits per heavy atom. The van der Waals surface area contributed by atoms with Gasteiger partial charge >= 0.3 is 0 Å². The zero-order chi connectivity index (χ0) is 15.6. The highest BCUT2D eigenvalue weighted by molar-refractivity contribution is 7.71. The van der Waals surface area contributed by atoms with Gasteiger partial charge in [-0.15, -0.1) is 0 Å². The predicted octanol–water partition coefficient (Wildman–Crippen LogP) is 1.26. The first kappa shape index (κ1) is 15.2. The quantitative estimate of drug-likeness (QED) is 0.819. The number of aromatic nitrogens is 2. The number of aromatic amines is 1. The van der Waals surface area contributed by atoms with Gasteiger partial charge in [-0.3, -0.25) is 14.6 Å². The number of methoxy groups -OCH3 is 1. The van der Waals surface area contributed by atoms with E-state index in [-0.39, 0.29) is 11.3 Å². The third-order valence-electron chi connectivity index (χ3n) is 3.14. The molecule has 0 unspecified atom stereocenters. The highest BCUT2D eigenvalue weighted by Crippen LogP contribution is 2.33. The highest BCUT2D eigenvalue weighted by Gasteiger charge is 2.24. The minimum Gasteiger partial charge on any atom is -0.500 e. The zero-order valence-corrected chi connectivity index (χ0v) is 12.1. The molecule has 0 aliphatic heterocycles. The highest BCUT2D eigenvalue weighted by atomic mass is 32.1. The van der Waals surface area contributed by atoms with Gasteiger partial charge in [0.15, 0.2) is 4.77 Å². The molecule has 1 aliphatic rings. The third-order valence-corrected chi connectivity index (χ3v) is 3.47. The van der Waals surface area contributed by atoms with Crippen molar-refractivity contribution in [1.29, 1.82) is 0 Å². The molecule has 1 aromatic rings. The second kappa shape index (κ2) is 6.04. The lowest BCUT2D eigenvalue weighted by atomic mass is 9.94. The second-order valence-electron chi connectivity index (χ2n) is 4.54. The molecule has 1 aromatic heterocycles. The van der Waals surface area contributed by atoms with Crippen LogP contribution in [-0.2, 0) is 16.1 Å². The molecule has 2 rings (SSSR count). The fourth-order valence-electron chi connectivity index (χ4n) is 2.26. The van der Waals surface area contributed by atoms with Crippen LogP contribution in [0.25, 0.3) is 0 Å². The number of ether oxygens (including phenoxy) is 1. The number of carbonyl (C=O) groups is 1. The van der Waals surface area contributed by atoms with Crippen LogP contribution in [0.15, 0.2) is 34.6 Å². The summed E-state index contributed by atoms with van der Waals surface area (Å²) in [6.07, 6.45) is 2.92. The largest absolute Gasteiger partial charge is 0.500 e. The summed E-state index contributed by atoms with van der Waals surface area (Å²) in [7, 11) is 1.41. The first-order valence-electron chi connectivity index (χ1n) is 6.16. The lowest BCUT2D eigenvalue weighted by Gasteiger charge is -2.24. The van der Waals surface area contributed by atoms with Crippen molar-refractivity contribution in [2.75, 3.05) is 7.11 Å². The van der Waals surface area contributed by atoms with E-state index in [0.29, 0.717) is 17.9 Å². The smallest absolute Gasteiger partial charge is 0.251 e. The molecule has 0 saturated carbocycles. The van der Waals surface area contributed by atoms with Gasteiger partial charge in [0.05, 0.1) is 13.0 Å². The molecule has 6 nitrogen and oxygen atoms in total. The van der Waals surface area contributed by atoms with E-state index in [0.717, 1.165) is 0 Å². The van der Waals surface area contributed by atoms with Gasteiger partial charge in [-0.1, -0.05) is 0 Å². The number of hydrogen-bond acceptors (Lipinski definition) is 4. The summed E-state index contributed by atoms with van der Waals surface area (Å²) in [6.45, 7) is -0.176. The number of nitrogens with zero attached hydrogens (tertiary/aromatic N) is 1. The summed E-state index contributed by atoms with van der Waals surface area (Å²) < 4.78 is 20.0. The van der Waals surface area contributed by atoms with Crippen LogP contribution in [0.3, 0.4) is 0 Å². The van der Waals surface area contributed by atoms with Crippen molar-refractivity contribution in [2.24, 2.45) is 5.73 Å². The number of nitrogens with two attached hydrogens (primary N) is 1. The Hall–Kier alpha value is -2.22. The molecule has 1 aliphatic carbocycles. The molecule has 0 aromatic carbocycles. The zero-order valence-electron chi connectivity index (χ0n) is 11.3. The van der Waals surface area contributed by atoms with Gasteiger partial charge in [0.2, 0.25) is 5.91 Å². The van der Waals surface area contributed by atoms with Crippen LogP contribution >= 0.6 is 12.2 Å². The van der Waals surface area contributed by atoms with Crippen LogP contribution in [0, 0.1) is 4.77 Å². The van der Waals surface area contributed by atoms with E-state index < -0.39 is 23.2 Å². The van der Waals surface area contributed by atoms with E-state index in [1.165, 1.54) is 29.9 Å². The van der Waals surface area contributed by atoms with Crippen molar-refractivity contribution in [2.45, 2.75) is 18.9 Å². The van der Waals surface area contributed by atoms with E-state index in [2.05, 4.69) is 4.98 Å². The monoisotopic (exact) mass is 311 g/mol. The molecule has 8 heteroatoms. The lowest BCUT2D eigenvalue weighted by Crippen LogP contribution is -2.27. The Morgan fingerprint density at radius 3 is 3.00 bits per heavy atom. The Kier molecular flexibility index (Phi) is 4.37. The van der Waals surface area contributed by atoms with E-state index in [1.807, 2.05) is 0 Å². The van der Waals surface area contributed by atoms with Gasteiger partial charge in [0.1, 0.15) is 18.1 Å². The average molecular weight is 311 g/mol. The SMILES string of the molecule is COC1=CC(F)=CC[C@@H]1c1cc(=O)[nH]c(=S)n1CC(N)=O. The van der Waals surface area contributed by atoms with Crippen molar-refractivity contribution in [3.05, 3.63) is 50.6 Å². The molecule has 0 bridgehead atoms. The van der Waals surface area contributed by atoms with Crippen molar-refractivity contribution in [1.82, 2.24) is 9.55 Å². The molecule has 3 N–H and O–H groups in total. The Labute approximate surface area is 124 Å². The van der Waals surface area contributed by atoms with E-state index in [1.54, 1.807) is 0 Å². The Balaban J connectivity index is 2.58. The molecule has 1 atom stereocenters. The van der Waals surface area contributed by atoms with Crippen LogP contribution < -0.4 is 11.3 Å². The van der Waals surface area contributed by atoms with Crippen molar-refractivity contribution in [3.63, 3.8) is 0 Å². The number of halogens is 1. The molecular formula is C13H14FN3O3S. The molecule has 0 spiro atoms. The van der Waals surface area contributed by atoms with Gasteiger partial charge in [-0.2, -0.15) is 0 Å². The van der Waals surface area contributed by atoms with Crippen LogP contribution in [0.2, 0.25) is 0 Å². The van der Waals surface area contributed by atoms with Crippen LogP contribution in [0.4, 0.5) is 4.39 Å². The summed E-state index contributed by atoms with van der Waals surface area (Å²) in [4.78, 5) is 25.3. The Bertz CT molecular complexity index is 748. The van der Waals surface area contributed by atoms with Gasteiger partial charge in [-0.25, -0.2) is 4.39 Å². The lowest BCUT2D eigenvalue weighted by molar-refractivity contribution is -0.118. The number of hydrogen-bond donors (Lipinski definition) is 2. The van der Waals surface area contributed by atoms with E-state index >= 15 is 0 Å². The van der Waals surface area contributed by atoms with Crippen LogP contribution in [-0.4, -0.2) is 22.6 Å². The number of allylic oxidation sites excluding steroid dienone is 4. The first-order valence-corrected chi connectivity index (χ1v) is 6.56. The molecule has 0 fully saturated rings. The van der Waals surface area contributed by atoms with Crippen molar-refractivity contribution >= 4 is 18.1 Å². The minimum atomic E-state index is -0.597. The number of amides is 1. The normalized spacial score (nSPS) is 17.9. The maximum absolute atomic E-state index is 13.3. The van der Waals surface area contributed by atoms with E-state index in [4.69, 9.17) is 22.7 Å². The van der Waals surface area contributed by atoms with Crippen LogP contribution in [0.1, 0.15) is 18.0 Å². The molecule has 0 radical (unpaired) electrons. The predicted molar refractivity (Wildman–Crippen MR) is 76.7 cm³/mol. The standard InChI is InChI=1S/C13H14FN3O3S/c1-20-10-4-7(14)2-3-8(10)9-5-12(19)16-13(21)17(9)6-11(15)18/h2,4-5,8H,3,6H2,1H3,(H2,15,18)(H,16,19,21)/t8-/m1/s1. The first-order chi connectivity index (χ1) is 9.92. The average Bonchev–Trinajstić information content (AvgIpc) is 2.41. The molecular weight excluding hydrogens is 297 g/mol. The number of primary amides is 1. The van der Waals surface area contributed by atoms with Crippen molar-refractivity contribution in [3.8, 4) is 0 Å². The minimum absolute atomic E-state index is 0.0850. The summed E-state index contributed by atoms with van der Waals surface area (Å²) in [6, 6.07) is 1.31. The molecule has 1 amide bonds. The van der Waals surface area contributed by atoms with E-state index in [9.17, 15) is 14.0 Å². The number of H-pyrrole nitrogens is 1. The molecule has 21 heavy (non-hydrogen) atoms. The van der Waals surface area contributed by atoms with Crippen LogP contribution in [0.5, 0.6) is 0 Å².